The van der Waals surface area contributed by atoms with Gasteiger partial charge in [-0.3, -0.25) is 0 Å². The molecule has 2 aromatic rings. The van der Waals surface area contributed by atoms with Gasteiger partial charge in [-0.2, -0.15) is 0 Å². The van der Waals surface area contributed by atoms with E-state index in [0.717, 1.165) is 0 Å². The molecule has 0 aliphatic heterocycles. The summed E-state index contributed by atoms with van der Waals surface area (Å²) in [5, 5.41) is 10.7. The third kappa shape index (κ3) is 2.04. The van der Waals surface area contributed by atoms with Gasteiger partial charge in [-0.15, -0.1) is 0 Å². The van der Waals surface area contributed by atoms with Crippen LogP contribution in [0.25, 0.3) is 0 Å². The topological polar surface area (TPSA) is 20.2 Å². The Hall–Kier alpha value is -1.74. The Bertz CT molecular complexity index is 624. The Morgan fingerprint density at radius 2 is 1.74 bits per heavy atom. The fraction of sp³-hybridized carbons (Fsp3) is 0.250. The lowest BCUT2D eigenvalue weighted by molar-refractivity contribution is 0.0381. The van der Waals surface area contributed by atoms with E-state index in [0.29, 0.717) is 29.5 Å². The molecule has 0 heterocycles. The van der Waals surface area contributed by atoms with E-state index in [9.17, 15) is 13.9 Å². The highest BCUT2D eigenvalue weighted by atomic mass is 19.1. The van der Waals surface area contributed by atoms with E-state index in [-0.39, 0.29) is 18.1 Å². The van der Waals surface area contributed by atoms with Crippen LogP contribution in [0, 0.1) is 11.6 Å². The normalized spacial score (nSPS) is 21.4. The van der Waals surface area contributed by atoms with Crippen LogP contribution in [0.15, 0.2) is 42.5 Å². The molecule has 0 fully saturated rings. The molecule has 3 heteroatoms. The molecule has 98 valence electrons. The summed E-state index contributed by atoms with van der Waals surface area (Å²) in [7, 11) is 0. The summed E-state index contributed by atoms with van der Waals surface area (Å²) in [6, 6.07) is 11.1. The van der Waals surface area contributed by atoms with Crippen molar-refractivity contribution in [1.29, 1.82) is 0 Å². The van der Waals surface area contributed by atoms with Gasteiger partial charge in [0.2, 0.25) is 0 Å². The van der Waals surface area contributed by atoms with Crippen molar-refractivity contribution in [2.45, 2.75) is 24.9 Å². The van der Waals surface area contributed by atoms with Crippen LogP contribution in [0.4, 0.5) is 8.78 Å². The van der Waals surface area contributed by atoms with E-state index in [2.05, 4.69) is 0 Å². The van der Waals surface area contributed by atoms with Crippen molar-refractivity contribution in [3.8, 4) is 0 Å². The second kappa shape index (κ2) is 4.42. The lowest BCUT2D eigenvalue weighted by Gasteiger charge is -2.24. The zero-order valence-electron chi connectivity index (χ0n) is 10.4. The minimum absolute atomic E-state index is 0.177. The van der Waals surface area contributed by atoms with Crippen molar-refractivity contribution >= 4 is 0 Å². The lowest BCUT2D eigenvalue weighted by Crippen LogP contribution is -2.25. The summed E-state index contributed by atoms with van der Waals surface area (Å²) in [4.78, 5) is 0. The molecule has 3 rings (SSSR count). The summed E-state index contributed by atoms with van der Waals surface area (Å²) in [6.07, 6.45) is 1.10. The number of halogens is 2. The maximum atomic E-state index is 13.7. The van der Waals surface area contributed by atoms with E-state index in [4.69, 9.17) is 0 Å². The monoisotopic (exact) mass is 260 g/mol. The van der Waals surface area contributed by atoms with E-state index < -0.39 is 5.60 Å². The molecule has 2 aromatic carbocycles. The number of benzene rings is 2. The number of aliphatic hydroxyl groups is 1. The van der Waals surface area contributed by atoms with Crippen LogP contribution >= 0.6 is 0 Å². The summed E-state index contributed by atoms with van der Waals surface area (Å²) in [6.45, 7) is 0. The molecule has 1 aliphatic rings. The van der Waals surface area contributed by atoms with Crippen LogP contribution in [0.2, 0.25) is 0 Å². The Morgan fingerprint density at radius 3 is 2.53 bits per heavy atom. The van der Waals surface area contributed by atoms with Crippen LogP contribution < -0.4 is 0 Å². The van der Waals surface area contributed by atoms with Crippen LogP contribution in [-0.4, -0.2) is 5.11 Å². The molecule has 0 saturated heterocycles. The maximum Gasteiger partial charge on any atom is 0.126 e. The van der Waals surface area contributed by atoms with Crippen molar-refractivity contribution in [3.63, 3.8) is 0 Å². The molecule has 0 aromatic heterocycles. The van der Waals surface area contributed by atoms with Crippen molar-refractivity contribution in [3.05, 3.63) is 70.8 Å². The third-order valence-electron chi connectivity index (χ3n) is 3.85. The van der Waals surface area contributed by atoms with Crippen LogP contribution in [0.3, 0.4) is 0 Å². The van der Waals surface area contributed by atoms with Gasteiger partial charge in [0.25, 0.3) is 0 Å². The minimum Gasteiger partial charge on any atom is -0.385 e. The first-order valence-corrected chi connectivity index (χ1v) is 6.34. The molecule has 1 nitrogen and oxygen atoms in total. The molecule has 1 unspecified atom stereocenters. The van der Waals surface area contributed by atoms with Gasteiger partial charge in [-0.05, 0) is 41.7 Å². The van der Waals surface area contributed by atoms with Gasteiger partial charge < -0.3 is 5.11 Å². The quantitative estimate of drug-likeness (QED) is 0.878. The smallest absolute Gasteiger partial charge is 0.126 e. The predicted octanol–water partition coefficient (Wildman–Crippen LogP) is 3.34. The first kappa shape index (κ1) is 12.3. The molecule has 1 aliphatic carbocycles. The predicted molar refractivity (Wildman–Crippen MR) is 68.7 cm³/mol. The van der Waals surface area contributed by atoms with Gasteiger partial charge in [0.15, 0.2) is 0 Å². The molecule has 1 N–H and O–H groups in total. The minimum atomic E-state index is -1.17. The fourth-order valence-corrected chi connectivity index (χ4v) is 2.86. The lowest BCUT2D eigenvalue weighted by atomic mass is 9.88. The Labute approximate surface area is 110 Å². The van der Waals surface area contributed by atoms with E-state index >= 15 is 0 Å². The second-order valence-corrected chi connectivity index (χ2v) is 5.07. The Balaban J connectivity index is 1.99. The number of hydrogen-bond donors (Lipinski definition) is 1. The summed E-state index contributed by atoms with van der Waals surface area (Å²) < 4.78 is 27.4. The van der Waals surface area contributed by atoms with Crippen molar-refractivity contribution in [1.82, 2.24) is 0 Å². The zero-order valence-corrected chi connectivity index (χ0v) is 10.4. The molecular weight excluding hydrogens is 246 g/mol. The van der Waals surface area contributed by atoms with E-state index in [1.165, 1.54) is 12.1 Å². The first-order chi connectivity index (χ1) is 9.10. The van der Waals surface area contributed by atoms with Crippen molar-refractivity contribution in [2.75, 3.05) is 0 Å². The number of fused-ring (bicyclic) bond motifs is 1. The summed E-state index contributed by atoms with van der Waals surface area (Å²) >= 11 is 0. The van der Waals surface area contributed by atoms with Gasteiger partial charge >= 0.3 is 0 Å². The number of rotatable bonds is 2. The highest BCUT2D eigenvalue weighted by Gasteiger charge is 2.38. The molecule has 0 amide bonds. The second-order valence-electron chi connectivity index (χ2n) is 5.07. The SMILES string of the molecule is OC1(Cc2ccccc2F)CCc2c(F)cccc21. The highest BCUT2D eigenvalue weighted by Crippen LogP contribution is 2.40. The van der Waals surface area contributed by atoms with Gasteiger partial charge in [-0.25, -0.2) is 8.78 Å². The van der Waals surface area contributed by atoms with Crippen molar-refractivity contribution in [2.24, 2.45) is 0 Å². The van der Waals surface area contributed by atoms with E-state index in [1.807, 2.05) is 0 Å². The largest absolute Gasteiger partial charge is 0.385 e. The summed E-state index contributed by atoms with van der Waals surface area (Å²) in [5.74, 6) is -0.622. The van der Waals surface area contributed by atoms with Crippen LogP contribution in [0.1, 0.15) is 23.1 Å². The first-order valence-electron chi connectivity index (χ1n) is 6.34. The maximum absolute atomic E-state index is 13.7. The molecular formula is C16H14F2O. The molecule has 19 heavy (non-hydrogen) atoms. The average Bonchev–Trinajstić information content (AvgIpc) is 2.72. The summed E-state index contributed by atoms with van der Waals surface area (Å²) in [5.41, 5.74) is 0.443. The molecule has 0 radical (unpaired) electrons. The standard InChI is InChI=1S/C16H14F2O/c17-14-6-2-1-4-11(14)10-16(19)9-8-12-13(16)5-3-7-15(12)18/h1-7,19H,8-10H2. The van der Waals surface area contributed by atoms with Gasteiger partial charge in [0, 0.05) is 6.42 Å². The van der Waals surface area contributed by atoms with Crippen LogP contribution in [0.5, 0.6) is 0 Å². The van der Waals surface area contributed by atoms with Gasteiger partial charge in [0.05, 0.1) is 5.60 Å². The third-order valence-corrected chi connectivity index (χ3v) is 3.85. The van der Waals surface area contributed by atoms with E-state index in [1.54, 1.807) is 30.3 Å². The molecule has 1 atom stereocenters. The molecule has 0 bridgehead atoms. The van der Waals surface area contributed by atoms with Gasteiger partial charge in [-0.1, -0.05) is 30.3 Å². The number of hydrogen-bond acceptors (Lipinski definition) is 1. The van der Waals surface area contributed by atoms with Crippen molar-refractivity contribution < 1.29 is 13.9 Å². The highest BCUT2D eigenvalue weighted by molar-refractivity contribution is 5.39. The van der Waals surface area contributed by atoms with Gasteiger partial charge in [0.1, 0.15) is 11.6 Å². The zero-order chi connectivity index (χ0) is 13.5. The Morgan fingerprint density at radius 1 is 1.00 bits per heavy atom. The molecule has 0 spiro atoms. The molecule has 0 saturated carbocycles. The average molecular weight is 260 g/mol. The Kier molecular flexibility index (Phi) is 2.86. The fourth-order valence-electron chi connectivity index (χ4n) is 2.86. The van der Waals surface area contributed by atoms with Crippen LogP contribution in [-0.2, 0) is 18.4 Å².